The number of H-pyrrole nitrogens is 1. The van der Waals surface area contributed by atoms with Crippen molar-refractivity contribution in [2.75, 3.05) is 0 Å². The molecule has 0 spiro atoms. The molecule has 9 nitrogen and oxygen atoms in total. The molecular weight excluding hydrogens is 466 g/mol. The number of carbonyl (C=O) groups is 1. The van der Waals surface area contributed by atoms with Crippen molar-refractivity contribution in [1.82, 2.24) is 19.9 Å². The molecule has 0 aliphatic rings. The van der Waals surface area contributed by atoms with Gasteiger partial charge in [0.1, 0.15) is 5.52 Å². The van der Waals surface area contributed by atoms with E-state index >= 15 is 0 Å². The van der Waals surface area contributed by atoms with E-state index in [9.17, 15) is 18.0 Å². The SMILES string of the molecule is CC(NC(=O)c1cc2c(=O)[nH]c(-c3ccc4ccccc4c3)cn2n1)c1ccc(S(N)(=O)=O)cc1. The highest BCUT2D eigenvalue weighted by Crippen LogP contribution is 2.23. The first-order valence-corrected chi connectivity index (χ1v) is 12.3. The summed E-state index contributed by atoms with van der Waals surface area (Å²) in [7, 11) is -3.80. The lowest BCUT2D eigenvalue weighted by molar-refractivity contribution is 0.0934. The van der Waals surface area contributed by atoms with Crippen molar-refractivity contribution in [3.8, 4) is 11.3 Å². The van der Waals surface area contributed by atoms with Gasteiger partial charge in [-0.05, 0) is 41.5 Å². The fourth-order valence-electron chi connectivity index (χ4n) is 3.92. The molecule has 35 heavy (non-hydrogen) atoms. The number of hydrogen-bond donors (Lipinski definition) is 3. The Balaban J connectivity index is 1.41. The lowest BCUT2D eigenvalue weighted by atomic mass is 10.1. The number of rotatable bonds is 5. The van der Waals surface area contributed by atoms with E-state index in [0.717, 1.165) is 16.3 Å². The third-order valence-electron chi connectivity index (χ3n) is 5.82. The summed E-state index contributed by atoms with van der Waals surface area (Å²) in [5, 5.41) is 14.4. The topological polar surface area (TPSA) is 139 Å². The number of aromatic nitrogens is 3. The number of primary sulfonamides is 1. The molecule has 3 aromatic carbocycles. The molecule has 0 radical (unpaired) electrons. The molecule has 2 aromatic heterocycles. The predicted octanol–water partition coefficient (Wildman–Crippen LogP) is 2.98. The minimum absolute atomic E-state index is 0.0124. The number of aromatic amines is 1. The molecule has 0 aliphatic heterocycles. The molecular formula is C25H21N5O4S. The monoisotopic (exact) mass is 487 g/mol. The number of fused-ring (bicyclic) bond motifs is 2. The lowest BCUT2D eigenvalue weighted by Crippen LogP contribution is -2.27. The van der Waals surface area contributed by atoms with Crippen molar-refractivity contribution in [1.29, 1.82) is 0 Å². The highest BCUT2D eigenvalue weighted by atomic mass is 32.2. The van der Waals surface area contributed by atoms with Gasteiger partial charge in [-0.15, -0.1) is 0 Å². The van der Waals surface area contributed by atoms with Gasteiger partial charge in [0.2, 0.25) is 10.0 Å². The summed E-state index contributed by atoms with van der Waals surface area (Å²) >= 11 is 0. The molecule has 5 rings (SSSR count). The molecule has 4 N–H and O–H groups in total. The summed E-state index contributed by atoms with van der Waals surface area (Å²) in [6.07, 6.45) is 1.67. The van der Waals surface area contributed by atoms with Crippen molar-refractivity contribution >= 4 is 32.2 Å². The van der Waals surface area contributed by atoms with Crippen molar-refractivity contribution in [3.05, 3.63) is 101 Å². The van der Waals surface area contributed by atoms with Crippen LogP contribution in [0.4, 0.5) is 0 Å². The van der Waals surface area contributed by atoms with E-state index in [0.29, 0.717) is 11.3 Å². The number of amides is 1. The Morgan fingerprint density at radius 2 is 1.74 bits per heavy atom. The van der Waals surface area contributed by atoms with Gasteiger partial charge in [0, 0.05) is 11.6 Å². The van der Waals surface area contributed by atoms with Crippen molar-refractivity contribution in [2.45, 2.75) is 17.9 Å². The normalized spacial score (nSPS) is 12.6. The van der Waals surface area contributed by atoms with Gasteiger partial charge in [0.05, 0.1) is 22.8 Å². The Labute approximate surface area is 200 Å². The average molecular weight is 488 g/mol. The van der Waals surface area contributed by atoms with Crippen LogP contribution >= 0.6 is 0 Å². The van der Waals surface area contributed by atoms with E-state index in [2.05, 4.69) is 15.4 Å². The molecule has 0 fully saturated rings. The van der Waals surface area contributed by atoms with Gasteiger partial charge in [0.15, 0.2) is 5.69 Å². The highest BCUT2D eigenvalue weighted by Gasteiger charge is 2.17. The van der Waals surface area contributed by atoms with E-state index < -0.39 is 22.0 Å². The van der Waals surface area contributed by atoms with Crippen LogP contribution in [0, 0.1) is 0 Å². The Morgan fingerprint density at radius 1 is 1.03 bits per heavy atom. The third-order valence-corrected chi connectivity index (χ3v) is 6.75. The summed E-state index contributed by atoms with van der Waals surface area (Å²) < 4.78 is 24.3. The van der Waals surface area contributed by atoms with Crippen LogP contribution in [0.25, 0.3) is 27.5 Å². The van der Waals surface area contributed by atoms with Gasteiger partial charge in [-0.1, -0.05) is 48.5 Å². The zero-order valence-electron chi connectivity index (χ0n) is 18.6. The summed E-state index contributed by atoms with van der Waals surface area (Å²) in [6.45, 7) is 1.75. The molecule has 1 atom stereocenters. The predicted molar refractivity (Wildman–Crippen MR) is 132 cm³/mol. The molecule has 1 unspecified atom stereocenters. The van der Waals surface area contributed by atoms with Crippen molar-refractivity contribution in [3.63, 3.8) is 0 Å². The number of benzene rings is 3. The van der Waals surface area contributed by atoms with Crippen LogP contribution in [0.1, 0.15) is 29.0 Å². The number of sulfonamides is 1. The molecule has 2 heterocycles. The summed E-state index contributed by atoms with van der Waals surface area (Å²) in [5.74, 6) is -0.469. The maximum atomic E-state index is 12.8. The first kappa shape index (κ1) is 22.5. The second-order valence-electron chi connectivity index (χ2n) is 8.23. The van der Waals surface area contributed by atoms with Gasteiger partial charge in [-0.3, -0.25) is 9.59 Å². The molecule has 0 saturated carbocycles. The van der Waals surface area contributed by atoms with E-state index in [1.54, 1.807) is 25.3 Å². The molecule has 1 amide bonds. The minimum Gasteiger partial charge on any atom is -0.344 e. The van der Waals surface area contributed by atoms with E-state index in [-0.39, 0.29) is 21.7 Å². The Morgan fingerprint density at radius 3 is 2.46 bits per heavy atom. The lowest BCUT2D eigenvalue weighted by Gasteiger charge is -2.13. The average Bonchev–Trinajstić information content (AvgIpc) is 3.28. The molecule has 0 bridgehead atoms. The van der Waals surface area contributed by atoms with Crippen molar-refractivity contribution < 1.29 is 13.2 Å². The Hall–Kier alpha value is -4.28. The molecule has 0 saturated heterocycles. The maximum Gasteiger partial charge on any atom is 0.274 e. The first-order chi connectivity index (χ1) is 16.7. The zero-order chi connectivity index (χ0) is 24.7. The Bertz CT molecular complexity index is 1750. The van der Waals surface area contributed by atoms with Gasteiger partial charge in [-0.25, -0.2) is 18.1 Å². The quantitative estimate of drug-likeness (QED) is 0.350. The van der Waals surface area contributed by atoms with Crippen LogP contribution in [0.3, 0.4) is 0 Å². The van der Waals surface area contributed by atoms with E-state index in [1.165, 1.54) is 22.7 Å². The van der Waals surface area contributed by atoms with Crippen LogP contribution in [-0.2, 0) is 10.0 Å². The second kappa shape index (κ2) is 8.49. The first-order valence-electron chi connectivity index (χ1n) is 10.7. The number of nitrogens with two attached hydrogens (primary N) is 1. The van der Waals surface area contributed by atoms with Crippen LogP contribution < -0.4 is 16.0 Å². The minimum atomic E-state index is -3.80. The molecule has 0 aliphatic carbocycles. The maximum absolute atomic E-state index is 12.8. The highest BCUT2D eigenvalue weighted by molar-refractivity contribution is 7.89. The van der Waals surface area contributed by atoms with Crippen molar-refractivity contribution in [2.24, 2.45) is 5.14 Å². The number of nitrogens with one attached hydrogen (secondary N) is 2. The number of hydrogen-bond acceptors (Lipinski definition) is 5. The molecule has 176 valence electrons. The fraction of sp³-hybridized carbons (Fsp3) is 0.0800. The fourth-order valence-corrected chi connectivity index (χ4v) is 4.43. The Kier molecular flexibility index (Phi) is 5.46. The summed E-state index contributed by atoms with van der Waals surface area (Å²) in [5.41, 5.74) is 2.04. The van der Waals surface area contributed by atoms with Gasteiger partial charge in [0.25, 0.3) is 11.5 Å². The zero-order valence-corrected chi connectivity index (χ0v) is 19.4. The number of nitrogens with zero attached hydrogens (tertiary/aromatic N) is 2. The number of carbonyl (C=O) groups excluding carboxylic acids is 1. The summed E-state index contributed by atoms with van der Waals surface area (Å²) in [6, 6.07) is 20.7. The van der Waals surface area contributed by atoms with E-state index in [1.807, 2.05) is 42.5 Å². The second-order valence-corrected chi connectivity index (χ2v) is 9.79. The molecule has 5 aromatic rings. The standard InChI is InChI=1S/C25H21N5O4S/c1-15(16-8-10-20(11-9-16)35(26,33)34)27-24(31)21-13-23-25(32)28-22(14-30(23)29-21)19-7-6-17-4-2-3-5-18(17)12-19/h2-15H,1H3,(H,27,31)(H,28,32)(H2,26,33,34). The van der Waals surface area contributed by atoms with Crippen LogP contribution in [0.5, 0.6) is 0 Å². The van der Waals surface area contributed by atoms with Crippen LogP contribution in [0.15, 0.2) is 88.7 Å². The van der Waals surface area contributed by atoms with Crippen LogP contribution in [0.2, 0.25) is 0 Å². The van der Waals surface area contributed by atoms with Crippen LogP contribution in [-0.4, -0.2) is 28.9 Å². The van der Waals surface area contributed by atoms with Gasteiger partial charge in [-0.2, -0.15) is 5.10 Å². The van der Waals surface area contributed by atoms with E-state index in [4.69, 9.17) is 5.14 Å². The van der Waals surface area contributed by atoms with Gasteiger partial charge >= 0.3 is 0 Å². The molecule has 10 heteroatoms. The summed E-state index contributed by atoms with van der Waals surface area (Å²) in [4.78, 5) is 28.4. The smallest absolute Gasteiger partial charge is 0.274 e. The van der Waals surface area contributed by atoms with Gasteiger partial charge < -0.3 is 10.3 Å². The largest absolute Gasteiger partial charge is 0.344 e. The third kappa shape index (κ3) is 4.44.